The highest BCUT2D eigenvalue weighted by Gasteiger charge is 2.54. The molecule has 1 aromatic carbocycles. The molecule has 9 nitrogen and oxygen atoms in total. The monoisotopic (exact) mass is 576 g/mol. The molecule has 10 heteroatoms. The number of hydrogen-bond donors (Lipinski definition) is 0. The van der Waals surface area contributed by atoms with Crippen molar-refractivity contribution in [2.75, 3.05) is 13.2 Å². The summed E-state index contributed by atoms with van der Waals surface area (Å²) >= 11 is 0. The Balaban J connectivity index is 1.99. The summed E-state index contributed by atoms with van der Waals surface area (Å²) in [4.78, 5) is 43.3. The van der Waals surface area contributed by atoms with E-state index in [9.17, 15) is 14.4 Å². The summed E-state index contributed by atoms with van der Waals surface area (Å²) in [5.74, 6) is -1.16. The van der Waals surface area contributed by atoms with Gasteiger partial charge < -0.3 is 18.6 Å². The largest absolute Gasteiger partial charge is 0.447 e. The molecule has 224 valence electrons. The number of carbonyl (C=O) groups is 3. The standard InChI is InChI=1S/C30H48N2O7Si/c1-20(25(33)31-22(18-36-26(31)34)17-21-15-13-12-14-16-21)24(39-40(10,11)29(5,6)7)23-19-37-30(8,9)32(23)27(35)38-28(2,3)4/h12-16,20,22-24H,17-19H2,1-11H3/t20-,22-,23-,24?/m1/s1. The number of ether oxygens (including phenoxy) is 3. The highest BCUT2D eigenvalue weighted by Crippen LogP contribution is 2.41. The molecule has 2 aliphatic rings. The molecule has 0 bridgehead atoms. The normalized spacial score (nSPS) is 23.1. The van der Waals surface area contributed by atoms with Gasteiger partial charge in [0, 0.05) is 0 Å². The summed E-state index contributed by atoms with van der Waals surface area (Å²) in [5, 5.41) is -0.165. The number of benzene rings is 1. The molecule has 1 aromatic rings. The summed E-state index contributed by atoms with van der Waals surface area (Å²) in [7, 11) is -2.46. The van der Waals surface area contributed by atoms with E-state index in [0.29, 0.717) is 6.42 Å². The van der Waals surface area contributed by atoms with E-state index in [4.69, 9.17) is 18.6 Å². The third kappa shape index (κ3) is 7.06. The van der Waals surface area contributed by atoms with Gasteiger partial charge in [0.05, 0.1) is 30.7 Å². The van der Waals surface area contributed by atoms with E-state index in [0.717, 1.165) is 5.56 Å². The van der Waals surface area contributed by atoms with E-state index < -0.39 is 55.9 Å². The van der Waals surface area contributed by atoms with Crippen molar-refractivity contribution < 1.29 is 33.0 Å². The number of cyclic esters (lactones) is 1. The second-order valence-electron chi connectivity index (χ2n) is 13.9. The fraction of sp³-hybridized carbons (Fsp3) is 0.700. The first-order valence-corrected chi connectivity index (χ1v) is 17.0. The van der Waals surface area contributed by atoms with E-state index in [-0.39, 0.29) is 24.2 Å². The maximum Gasteiger partial charge on any atom is 0.416 e. The topological polar surface area (TPSA) is 94.6 Å². The molecule has 0 aliphatic carbocycles. The Morgan fingerprint density at radius 3 is 2.23 bits per heavy atom. The molecule has 0 aromatic heterocycles. The van der Waals surface area contributed by atoms with Crippen LogP contribution in [0.2, 0.25) is 18.1 Å². The lowest BCUT2D eigenvalue weighted by molar-refractivity contribution is -0.137. The zero-order valence-electron chi connectivity index (χ0n) is 26.1. The molecule has 40 heavy (non-hydrogen) atoms. The maximum absolute atomic E-state index is 14.1. The van der Waals surface area contributed by atoms with Crippen LogP contribution in [0, 0.1) is 5.92 Å². The van der Waals surface area contributed by atoms with E-state index >= 15 is 0 Å². The van der Waals surface area contributed by atoms with Gasteiger partial charge in [-0.1, -0.05) is 58.0 Å². The van der Waals surface area contributed by atoms with E-state index in [1.165, 1.54) is 4.90 Å². The van der Waals surface area contributed by atoms with Crippen LogP contribution in [0.3, 0.4) is 0 Å². The quantitative estimate of drug-likeness (QED) is 0.369. The van der Waals surface area contributed by atoms with Gasteiger partial charge >= 0.3 is 12.2 Å². The summed E-state index contributed by atoms with van der Waals surface area (Å²) in [6, 6.07) is 8.68. The van der Waals surface area contributed by atoms with Gasteiger partial charge in [-0.15, -0.1) is 0 Å². The zero-order valence-corrected chi connectivity index (χ0v) is 27.1. The summed E-state index contributed by atoms with van der Waals surface area (Å²) in [5.41, 5.74) is -0.693. The fourth-order valence-electron chi connectivity index (χ4n) is 4.90. The third-order valence-corrected chi connectivity index (χ3v) is 12.6. The van der Waals surface area contributed by atoms with Crippen LogP contribution in [0.1, 0.15) is 67.9 Å². The van der Waals surface area contributed by atoms with Crippen LogP contribution in [0.15, 0.2) is 30.3 Å². The van der Waals surface area contributed by atoms with Crippen LogP contribution >= 0.6 is 0 Å². The van der Waals surface area contributed by atoms with Gasteiger partial charge in [0.1, 0.15) is 17.9 Å². The number of carbonyl (C=O) groups excluding carboxylic acids is 3. The van der Waals surface area contributed by atoms with Gasteiger partial charge in [-0.2, -0.15) is 0 Å². The average molecular weight is 577 g/mol. The molecule has 0 saturated carbocycles. The minimum absolute atomic E-state index is 0.129. The molecule has 0 radical (unpaired) electrons. The second-order valence-corrected chi connectivity index (χ2v) is 18.7. The van der Waals surface area contributed by atoms with Crippen molar-refractivity contribution in [2.45, 2.75) is 116 Å². The summed E-state index contributed by atoms with van der Waals surface area (Å²) < 4.78 is 24.2. The Morgan fingerprint density at radius 1 is 1.07 bits per heavy atom. The Labute approximate surface area is 240 Å². The lowest BCUT2D eigenvalue weighted by atomic mass is 9.94. The van der Waals surface area contributed by atoms with Crippen LogP contribution in [-0.2, 0) is 29.9 Å². The minimum atomic E-state index is -2.46. The summed E-state index contributed by atoms with van der Waals surface area (Å²) in [6.45, 7) is 21.7. The second kappa shape index (κ2) is 11.4. The molecule has 2 fully saturated rings. The highest BCUT2D eigenvalue weighted by molar-refractivity contribution is 6.74. The van der Waals surface area contributed by atoms with Crippen molar-refractivity contribution >= 4 is 26.4 Å². The number of imide groups is 1. The Hall–Kier alpha value is -2.43. The Kier molecular flexibility index (Phi) is 9.18. The molecule has 0 N–H and O–H groups in total. The molecule has 2 aliphatic heterocycles. The van der Waals surface area contributed by atoms with Crippen molar-refractivity contribution in [3.8, 4) is 0 Å². The predicted molar refractivity (Wildman–Crippen MR) is 155 cm³/mol. The maximum atomic E-state index is 14.1. The zero-order chi connectivity index (χ0) is 30.3. The molecule has 3 rings (SSSR count). The molecule has 3 amide bonds. The molecule has 2 heterocycles. The van der Waals surface area contributed by atoms with E-state index in [2.05, 4.69) is 33.9 Å². The predicted octanol–water partition coefficient (Wildman–Crippen LogP) is 5.98. The summed E-state index contributed by atoms with van der Waals surface area (Å²) in [6.07, 6.45) is -1.45. The smallest absolute Gasteiger partial charge is 0.416 e. The first-order chi connectivity index (χ1) is 18.2. The van der Waals surface area contributed by atoms with E-state index in [1.54, 1.807) is 25.7 Å². The average Bonchev–Trinajstić information content (AvgIpc) is 3.33. The number of rotatable bonds is 7. The van der Waals surface area contributed by atoms with E-state index in [1.807, 2.05) is 51.1 Å². The molecule has 4 atom stereocenters. The van der Waals surface area contributed by atoms with Gasteiger partial charge in [0.2, 0.25) is 5.91 Å². The molecule has 2 saturated heterocycles. The van der Waals surface area contributed by atoms with Crippen molar-refractivity contribution in [1.29, 1.82) is 0 Å². The van der Waals surface area contributed by atoms with Crippen LogP contribution in [0.25, 0.3) is 0 Å². The molecular formula is C30H48N2O7Si. The van der Waals surface area contributed by atoms with Crippen LogP contribution in [-0.4, -0.2) is 78.9 Å². The van der Waals surface area contributed by atoms with Gasteiger partial charge in [-0.05, 0) is 64.7 Å². The van der Waals surface area contributed by atoms with Crippen LogP contribution in [0.4, 0.5) is 9.59 Å². The lowest BCUT2D eigenvalue weighted by Crippen LogP contribution is -2.60. The Bertz CT molecular complexity index is 1080. The van der Waals surface area contributed by atoms with Crippen molar-refractivity contribution in [1.82, 2.24) is 9.80 Å². The van der Waals surface area contributed by atoms with Gasteiger partial charge in [-0.3, -0.25) is 9.69 Å². The SMILES string of the molecule is C[C@@H](C(=O)N1C(=O)OC[C@H]1Cc1ccccc1)C(O[Si](C)(C)C(C)(C)C)[C@H]1COC(C)(C)N1C(=O)OC(C)(C)C. The van der Waals surface area contributed by atoms with Crippen molar-refractivity contribution in [2.24, 2.45) is 5.92 Å². The van der Waals surface area contributed by atoms with Crippen molar-refractivity contribution in [3.63, 3.8) is 0 Å². The van der Waals surface area contributed by atoms with Crippen molar-refractivity contribution in [3.05, 3.63) is 35.9 Å². The van der Waals surface area contributed by atoms with Gasteiger partial charge in [0.25, 0.3) is 0 Å². The highest BCUT2D eigenvalue weighted by atomic mass is 28.4. The fourth-order valence-corrected chi connectivity index (χ4v) is 6.29. The lowest BCUT2D eigenvalue weighted by Gasteiger charge is -2.45. The Morgan fingerprint density at radius 2 is 1.68 bits per heavy atom. The number of nitrogens with zero attached hydrogens (tertiary/aromatic N) is 2. The molecule has 0 spiro atoms. The van der Waals surface area contributed by atoms with Crippen LogP contribution in [0.5, 0.6) is 0 Å². The van der Waals surface area contributed by atoms with Gasteiger partial charge in [-0.25, -0.2) is 14.5 Å². The van der Waals surface area contributed by atoms with Gasteiger partial charge in [0.15, 0.2) is 8.32 Å². The minimum Gasteiger partial charge on any atom is -0.447 e. The first-order valence-electron chi connectivity index (χ1n) is 14.1. The van der Waals surface area contributed by atoms with Crippen LogP contribution < -0.4 is 0 Å². The molecular weight excluding hydrogens is 528 g/mol. The number of hydrogen-bond acceptors (Lipinski definition) is 7. The molecule has 1 unspecified atom stereocenters. The first kappa shape index (κ1) is 32.1. The number of amides is 3. The third-order valence-electron chi connectivity index (χ3n) is 8.12.